The zero-order valence-electron chi connectivity index (χ0n) is 11.2. The van der Waals surface area contributed by atoms with Gasteiger partial charge in [-0.25, -0.2) is 0 Å². The number of benzene rings is 1. The van der Waals surface area contributed by atoms with Crippen LogP contribution in [-0.2, 0) is 6.42 Å². The Bertz CT molecular complexity index is 432. The molecule has 1 aromatic carbocycles. The lowest BCUT2D eigenvalue weighted by atomic mass is 10.0. The molecule has 3 nitrogen and oxygen atoms in total. The van der Waals surface area contributed by atoms with Crippen LogP contribution in [0, 0.1) is 0 Å². The number of para-hydroxylation sites is 1. The second-order valence-corrected chi connectivity index (χ2v) is 6.73. The molecule has 1 atom stereocenters. The summed E-state index contributed by atoms with van der Waals surface area (Å²) < 4.78 is 5.78. The lowest BCUT2D eigenvalue weighted by Gasteiger charge is -2.20. The number of thioether (sulfide) groups is 1. The van der Waals surface area contributed by atoms with Gasteiger partial charge in [0.05, 0.1) is 12.6 Å². The number of rotatable bonds is 5. The summed E-state index contributed by atoms with van der Waals surface area (Å²) in [6.45, 7) is 0.805. The number of fused-ring (bicyclic) bond motifs is 1. The summed E-state index contributed by atoms with van der Waals surface area (Å²) in [6, 6.07) is 6.61. The Morgan fingerprint density at radius 2 is 2.21 bits per heavy atom. The fourth-order valence-electron chi connectivity index (χ4n) is 3.03. The van der Waals surface area contributed by atoms with Gasteiger partial charge in [-0.05, 0) is 18.4 Å². The van der Waals surface area contributed by atoms with Gasteiger partial charge in [-0.2, -0.15) is 11.8 Å². The molecule has 2 aliphatic rings. The molecule has 1 aliphatic heterocycles. The Kier molecular flexibility index (Phi) is 4.31. The van der Waals surface area contributed by atoms with E-state index in [0.29, 0.717) is 0 Å². The third-order valence-corrected chi connectivity index (χ3v) is 5.59. The smallest absolute Gasteiger partial charge is 0.127 e. The van der Waals surface area contributed by atoms with E-state index in [0.717, 1.165) is 29.8 Å². The Morgan fingerprint density at radius 1 is 1.37 bits per heavy atom. The van der Waals surface area contributed by atoms with Crippen LogP contribution in [0.2, 0.25) is 0 Å². The molecule has 0 radical (unpaired) electrons. The standard InChI is InChI=1S/C15H22N2OS/c16-17-14(10-19-12-5-1-2-6-12)13-7-3-4-11-8-9-18-15(11)13/h3-4,7,12,14,17H,1-2,5-6,8-10,16H2. The minimum absolute atomic E-state index is 0.193. The van der Waals surface area contributed by atoms with Gasteiger partial charge in [0.15, 0.2) is 0 Å². The van der Waals surface area contributed by atoms with Crippen molar-refractivity contribution in [1.29, 1.82) is 0 Å². The maximum absolute atomic E-state index is 5.78. The van der Waals surface area contributed by atoms with Gasteiger partial charge in [-0.3, -0.25) is 11.3 Å². The van der Waals surface area contributed by atoms with Crippen LogP contribution in [0.4, 0.5) is 0 Å². The highest BCUT2D eigenvalue weighted by Gasteiger charge is 2.23. The average molecular weight is 278 g/mol. The molecule has 1 heterocycles. The molecule has 3 N–H and O–H groups in total. The quantitative estimate of drug-likeness (QED) is 0.642. The number of nitrogens with two attached hydrogens (primary N) is 1. The normalized spacial score (nSPS) is 20.3. The largest absolute Gasteiger partial charge is 0.493 e. The molecule has 3 rings (SSSR count). The first-order chi connectivity index (χ1) is 9.38. The van der Waals surface area contributed by atoms with Crippen LogP contribution in [-0.4, -0.2) is 17.6 Å². The Balaban J connectivity index is 1.69. The first-order valence-corrected chi connectivity index (χ1v) is 8.25. The molecule has 0 bridgehead atoms. The summed E-state index contributed by atoms with van der Waals surface area (Å²) in [4.78, 5) is 0. The molecular weight excluding hydrogens is 256 g/mol. The van der Waals surface area contributed by atoms with Gasteiger partial charge in [0, 0.05) is 23.0 Å². The Morgan fingerprint density at radius 3 is 3.00 bits per heavy atom. The molecule has 104 valence electrons. The van der Waals surface area contributed by atoms with Crippen LogP contribution >= 0.6 is 11.8 Å². The van der Waals surface area contributed by atoms with Crippen molar-refractivity contribution >= 4 is 11.8 Å². The van der Waals surface area contributed by atoms with Gasteiger partial charge >= 0.3 is 0 Å². The maximum Gasteiger partial charge on any atom is 0.127 e. The van der Waals surface area contributed by atoms with Gasteiger partial charge in [0.2, 0.25) is 0 Å². The molecular formula is C15H22N2OS. The van der Waals surface area contributed by atoms with E-state index < -0.39 is 0 Å². The minimum Gasteiger partial charge on any atom is -0.493 e. The van der Waals surface area contributed by atoms with Crippen molar-refractivity contribution in [3.8, 4) is 5.75 Å². The van der Waals surface area contributed by atoms with Crippen LogP contribution in [0.3, 0.4) is 0 Å². The zero-order chi connectivity index (χ0) is 13.1. The van der Waals surface area contributed by atoms with Crippen molar-refractivity contribution in [1.82, 2.24) is 5.43 Å². The van der Waals surface area contributed by atoms with E-state index in [1.165, 1.54) is 36.8 Å². The van der Waals surface area contributed by atoms with Crippen LogP contribution in [0.15, 0.2) is 18.2 Å². The summed E-state index contributed by atoms with van der Waals surface area (Å²) >= 11 is 2.06. The number of hydrogen-bond acceptors (Lipinski definition) is 4. The summed E-state index contributed by atoms with van der Waals surface area (Å²) in [5.74, 6) is 7.86. The van der Waals surface area contributed by atoms with E-state index >= 15 is 0 Å². The molecule has 1 saturated carbocycles. The molecule has 1 aliphatic carbocycles. The third-order valence-electron chi connectivity index (χ3n) is 4.12. The molecule has 4 heteroatoms. The number of ether oxygens (including phenoxy) is 1. The number of nitrogens with one attached hydrogen (secondary N) is 1. The van der Waals surface area contributed by atoms with Gasteiger partial charge in [-0.1, -0.05) is 31.0 Å². The van der Waals surface area contributed by atoms with E-state index in [4.69, 9.17) is 10.6 Å². The monoisotopic (exact) mass is 278 g/mol. The predicted octanol–water partition coefficient (Wildman–Crippen LogP) is 2.80. The highest BCUT2D eigenvalue weighted by Crippen LogP contribution is 2.37. The van der Waals surface area contributed by atoms with Crippen molar-refractivity contribution in [3.05, 3.63) is 29.3 Å². The topological polar surface area (TPSA) is 47.3 Å². The van der Waals surface area contributed by atoms with E-state index in [1.807, 2.05) is 0 Å². The van der Waals surface area contributed by atoms with E-state index in [1.54, 1.807) is 0 Å². The first-order valence-electron chi connectivity index (χ1n) is 7.21. The lowest BCUT2D eigenvalue weighted by Crippen LogP contribution is -2.30. The van der Waals surface area contributed by atoms with Crippen molar-refractivity contribution in [2.45, 2.75) is 43.4 Å². The fourth-order valence-corrected chi connectivity index (χ4v) is 4.44. The Labute approximate surface area is 119 Å². The second-order valence-electron chi connectivity index (χ2n) is 5.39. The SMILES string of the molecule is NNC(CSC1CCCC1)c1cccc2c1OCC2. The van der Waals surface area contributed by atoms with Crippen LogP contribution in [0.5, 0.6) is 5.75 Å². The summed E-state index contributed by atoms with van der Waals surface area (Å²) in [5.41, 5.74) is 5.52. The maximum atomic E-state index is 5.78. The van der Waals surface area contributed by atoms with Gasteiger partial charge in [-0.15, -0.1) is 0 Å². The van der Waals surface area contributed by atoms with Crippen molar-refractivity contribution < 1.29 is 4.74 Å². The molecule has 1 unspecified atom stereocenters. The molecule has 0 aromatic heterocycles. The van der Waals surface area contributed by atoms with Crippen LogP contribution in [0.25, 0.3) is 0 Å². The molecule has 1 aromatic rings. The van der Waals surface area contributed by atoms with Crippen molar-refractivity contribution in [2.75, 3.05) is 12.4 Å². The number of hydrogen-bond donors (Lipinski definition) is 2. The van der Waals surface area contributed by atoms with Crippen molar-refractivity contribution in [2.24, 2.45) is 5.84 Å². The fraction of sp³-hybridized carbons (Fsp3) is 0.600. The van der Waals surface area contributed by atoms with Crippen LogP contribution < -0.4 is 16.0 Å². The first kappa shape index (κ1) is 13.3. The molecule has 0 amide bonds. The highest BCUT2D eigenvalue weighted by molar-refractivity contribution is 7.99. The molecule has 0 saturated heterocycles. The van der Waals surface area contributed by atoms with Gasteiger partial charge < -0.3 is 4.74 Å². The second kappa shape index (κ2) is 6.16. The van der Waals surface area contributed by atoms with E-state index in [9.17, 15) is 0 Å². The number of hydrazine groups is 1. The van der Waals surface area contributed by atoms with E-state index in [2.05, 4.69) is 35.4 Å². The highest BCUT2D eigenvalue weighted by atomic mass is 32.2. The van der Waals surface area contributed by atoms with E-state index in [-0.39, 0.29) is 6.04 Å². The summed E-state index contributed by atoms with van der Waals surface area (Å²) in [6.07, 6.45) is 6.54. The summed E-state index contributed by atoms with van der Waals surface area (Å²) in [5, 5.41) is 0.827. The van der Waals surface area contributed by atoms with Gasteiger partial charge in [0.1, 0.15) is 5.75 Å². The molecule has 1 fully saturated rings. The van der Waals surface area contributed by atoms with Gasteiger partial charge in [0.25, 0.3) is 0 Å². The Hall–Kier alpha value is -0.710. The third kappa shape index (κ3) is 2.91. The lowest BCUT2D eigenvalue weighted by molar-refractivity contribution is 0.350. The minimum atomic E-state index is 0.193. The van der Waals surface area contributed by atoms with Crippen molar-refractivity contribution in [3.63, 3.8) is 0 Å². The predicted molar refractivity (Wildman–Crippen MR) is 80.4 cm³/mol. The molecule has 0 spiro atoms. The molecule has 19 heavy (non-hydrogen) atoms. The average Bonchev–Trinajstić information content (AvgIpc) is 3.10. The van der Waals surface area contributed by atoms with Crippen LogP contribution in [0.1, 0.15) is 42.9 Å². The summed E-state index contributed by atoms with van der Waals surface area (Å²) in [7, 11) is 0. The zero-order valence-corrected chi connectivity index (χ0v) is 12.0.